The van der Waals surface area contributed by atoms with Crippen molar-refractivity contribution in [2.75, 3.05) is 0 Å². The zero-order valence-corrected chi connectivity index (χ0v) is 14.1. The van der Waals surface area contributed by atoms with E-state index < -0.39 is 0 Å². The molecule has 0 saturated carbocycles. The number of rotatable bonds is 2. The summed E-state index contributed by atoms with van der Waals surface area (Å²) in [6.45, 7) is 0. The largest absolute Gasteiger partial charge is 0.618 e. The number of hydrogen-bond acceptors (Lipinski definition) is 3. The number of pyridine rings is 1. The summed E-state index contributed by atoms with van der Waals surface area (Å²) in [5.41, 5.74) is 4.01. The summed E-state index contributed by atoms with van der Waals surface area (Å²) in [5.74, 6) is 0. The Morgan fingerprint density at radius 3 is 2.75 bits per heavy atom. The second kappa shape index (κ2) is 5.62. The van der Waals surface area contributed by atoms with E-state index in [2.05, 4.69) is 27.0 Å². The summed E-state index contributed by atoms with van der Waals surface area (Å²) in [6.07, 6.45) is 3.59. The molecule has 116 valence electrons. The first-order chi connectivity index (χ1) is 11.7. The van der Waals surface area contributed by atoms with Crippen molar-refractivity contribution in [1.29, 1.82) is 5.26 Å². The van der Waals surface area contributed by atoms with Crippen molar-refractivity contribution < 1.29 is 4.73 Å². The monoisotopic (exact) mass is 378 g/mol. The van der Waals surface area contributed by atoms with Gasteiger partial charge in [-0.3, -0.25) is 4.57 Å². The van der Waals surface area contributed by atoms with Crippen LogP contribution >= 0.6 is 15.9 Å². The minimum Gasteiger partial charge on any atom is -0.618 e. The van der Waals surface area contributed by atoms with E-state index in [1.54, 1.807) is 12.4 Å². The van der Waals surface area contributed by atoms with Crippen LogP contribution in [0.1, 0.15) is 5.56 Å². The lowest BCUT2D eigenvalue weighted by Crippen LogP contribution is -2.26. The van der Waals surface area contributed by atoms with Gasteiger partial charge in [-0.15, -0.1) is 0 Å². The third-order valence-electron chi connectivity index (χ3n) is 3.98. The Labute approximate surface area is 146 Å². The topological polar surface area (TPSA) is 68.5 Å². The summed E-state index contributed by atoms with van der Waals surface area (Å²) >= 11 is 3.47. The smallest absolute Gasteiger partial charge is 0.226 e. The molecule has 24 heavy (non-hydrogen) atoms. The lowest BCUT2D eigenvalue weighted by atomic mass is 10.1. The molecule has 0 atom stereocenters. The van der Waals surface area contributed by atoms with Crippen LogP contribution in [0.15, 0.2) is 59.5 Å². The first kappa shape index (κ1) is 14.7. The van der Waals surface area contributed by atoms with Crippen LogP contribution in [0.3, 0.4) is 0 Å². The maximum absolute atomic E-state index is 12.2. The fraction of sp³-hybridized carbons (Fsp3) is 0.0556. The number of benzene rings is 2. The van der Waals surface area contributed by atoms with Gasteiger partial charge in [-0.25, -0.2) is 4.98 Å². The molecule has 0 aliphatic rings. The highest BCUT2D eigenvalue weighted by atomic mass is 79.9. The van der Waals surface area contributed by atoms with Gasteiger partial charge in [-0.1, -0.05) is 28.1 Å². The molecule has 0 amide bonds. The Morgan fingerprint density at radius 2 is 2.00 bits per heavy atom. The number of aromatic nitrogens is 3. The average Bonchev–Trinajstić information content (AvgIpc) is 2.99. The summed E-state index contributed by atoms with van der Waals surface area (Å²) in [5, 5.41) is 21.8. The molecule has 2 heterocycles. The summed E-state index contributed by atoms with van der Waals surface area (Å²) < 4.78 is 3.71. The Hall–Kier alpha value is -2.91. The van der Waals surface area contributed by atoms with E-state index in [0.29, 0.717) is 17.5 Å². The van der Waals surface area contributed by atoms with E-state index in [1.165, 1.54) is 6.20 Å². The number of nitriles is 1. The van der Waals surface area contributed by atoms with Crippen LogP contribution in [-0.4, -0.2) is 9.55 Å². The number of hydrogen-bond donors (Lipinski definition) is 0. The second-order valence-corrected chi connectivity index (χ2v) is 6.38. The molecule has 0 saturated heterocycles. The second-order valence-electron chi connectivity index (χ2n) is 5.47. The summed E-state index contributed by atoms with van der Waals surface area (Å²) in [4.78, 5) is 4.37. The van der Waals surface area contributed by atoms with Gasteiger partial charge < -0.3 is 5.21 Å². The first-order valence-electron chi connectivity index (χ1n) is 7.32. The fourth-order valence-electron chi connectivity index (χ4n) is 2.86. The zero-order valence-electron chi connectivity index (χ0n) is 12.5. The van der Waals surface area contributed by atoms with Crippen molar-refractivity contribution in [3.05, 3.63) is 70.2 Å². The standard InChI is InChI=1S/C18H11BrN4O/c19-13-3-6-17-15(9-13)18-16(10-23(17)24)21-11-22(18)14-4-1-12(2-5-14)7-8-20/h1-6,9-11H,7H2. The molecule has 6 heteroatoms. The van der Waals surface area contributed by atoms with Gasteiger partial charge in [0.1, 0.15) is 6.33 Å². The Morgan fingerprint density at radius 1 is 1.21 bits per heavy atom. The predicted molar refractivity (Wildman–Crippen MR) is 94.6 cm³/mol. The molecule has 0 spiro atoms. The Balaban J connectivity index is 1.99. The highest BCUT2D eigenvalue weighted by Gasteiger charge is 2.15. The first-order valence-corrected chi connectivity index (χ1v) is 8.11. The van der Waals surface area contributed by atoms with E-state index in [-0.39, 0.29) is 0 Å². The molecule has 5 nitrogen and oxygen atoms in total. The van der Waals surface area contributed by atoms with Crippen LogP contribution in [-0.2, 0) is 6.42 Å². The maximum atomic E-state index is 12.2. The highest BCUT2D eigenvalue weighted by molar-refractivity contribution is 9.10. The molecule has 0 unspecified atom stereocenters. The van der Waals surface area contributed by atoms with E-state index in [4.69, 9.17) is 5.26 Å². The van der Waals surface area contributed by atoms with Crippen molar-refractivity contribution in [1.82, 2.24) is 9.55 Å². The molecular formula is C18H11BrN4O. The number of halogens is 1. The molecule has 0 fully saturated rings. The molecule has 4 aromatic rings. The number of fused-ring (bicyclic) bond motifs is 3. The molecule has 2 aromatic carbocycles. The van der Waals surface area contributed by atoms with Gasteiger partial charge >= 0.3 is 0 Å². The van der Waals surface area contributed by atoms with E-state index in [0.717, 1.165) is 31.4 Å². The zero-order chi connectivity index (χ0) is 16.7. The Kier molecular flexibility index (Phi) is 3.44. The lowest BCUT2D eigenvalue weighted by Gasteiger charge is -2.08. The molecule has 0 bridgehead atoms. The molecule has 0 radical (unpaired) electrons. The third kappa shape index (κ3) is 2.30. The van der Waals surface area contributed by atoms with Gasteiger partial charge in [0.2, 0.25) is 11.7 Å². The molecular weight excluding hydrogens is 368 g/mol. The third-order valence-corrected chi connectivity index (χ3v) is 4.48. The quantitative estimate of drug-likeness (QED) is 0.395. The molecule has 4 rings (SSSR count). The highest BCUT2D eigenvalue weighted by Crippen LogP contribution is 2.27. The van der Waals surface area contributed by atoms with Crippen LogP contribution in [0, 0.1) is 16.5 Å². The molecule has 0 aliphatic carbocycles. The van der Waals surface area contributed by atoms with E-state index in [9.17, 15) is 5.21 Å². The van der Waals surface area contributed by atoms with Gasteiger partial charge in [0.15, 0.2) is 5.52 Å². The van der Waals surface area contributed by atoms with Gasteiger partial charge in [0.25, 0.3) is 0 Å². The van der Waals surface area contributed by atoms with Crippen LogP contribution in [0.4, 0.5) is 0 Å². The summed E-state index contributed by atoms with van der Waals surface area (Å²) in [6, 6.07) is 15.5. The Bertz CT molecular complexity index is 1110. The van der Waals surface area contributed by atoms with Crippen molar-refractivity contribution in [2.45, 2.75) is 6.42 Å². The van der Waals surface area contributed by atoms with Crippen LogP contribution in [0.2, 0.25) is 0 Å². The van der Waals surface area contributed by atoms with Gasteiger partial charge in [-0.05, 0) is 29.8 Å². The van der Waals surface area contributed by atoms with Crippen LogP contribution in [0.5, 0.6) is 0 Å². The maximum Gasteiger partial charge on any atom is 0.226 e. The number of nitrogens with zero attached hydrogens (tertiary/aromatic N) is 4. The van der Waals surface area contributed by atoms with Crippen molar-refractivity contribution in [3.8, 4) is 11.8 Å². The SMILES string of the molecule is N#CCc1ccc(-n2cnc3c[n+]([O-])c4ccc(Br)cc4c32)cc1. The molecule has 0 N–H and O–H groups in total. The molecule has 0 aliphatic heterocycles. The predicted octanol–water partition coefficient (Wildman–Crippen LogP) is 3.64. The van der Waals surface area contributed by atoms with Gasteiger partial charge in [0, 0.05) is 16.2 Å². The minimum atomic E-state index is 0.386. The molecule has 2 aromatic heterocycles. The normalized spacial score (nSPS) is 11.0. The number of imidazole rings is 1. The van der Waals surface area contributed by atoms with E-state index >= 15 is 0 Å². The minimum absolute atomic E-state index is 0.386. The van der Waals surface area contributed by atoms with Crippen molar-refractivity contribution in [3.63, 3.8) is 0 Å². The fourth-order valence-corrected chi connectivity index (χ4v) is 3.22. The average molecular weight is 379 g/mol. The van der Waals surface area contributed by atoms with Crippen molar-refractivity contribution in [2.24, 2.45) is 0 Å². The summed E-state index contributed by atoms with van der Waals surface area (Å²) in [7, 11) is 0. The van der Waals surface area contributed by atoms with Crippen LogP contribution in [0.25, 0.3) is 27.6 Å². The van der Waals surface area contributed by atoms with E-state index in [1.807, 2.05) is 41.0 Å². The van der Waals surface area contributed by atoms with Gasteiger partial charge in [-0.2, -0.15) is 9.99 Å². The van der Waals surface area contributed by atoms with Gasteiger partial charge in [0.05, 0.1) is 23.4 Å². The van der Waals surface area contributed by atoms with Crippen molar-refractivity contribution >= 4 is 37.9 Å². The lowest BCUT2D eigenvalue weighted by molar-refractivity contribution is -0.575. The van der Waals surface area contributed by atoms with Crippen LogP contribution < -0.4 is 4.73 Å².